The fourth-order valence-electron chi connectivity index (χ4n) is 2.92. The quantitative estimate of drug-likeness (QED) is 0.166. The van der Waals surface area contributed by atoms with E-state index in [1.165, 1.54) is 11.3 Å². The number of nitrogens with one attached hydrogen (secondary N) is 2. The Balaban J connectivity index is 0.00000363. The average Bonchev–Trinajstić information content (AvgIpc) is 3.42. The van der Waals surface area contributed by atoms with Crippen LogP contribution in [0.5, 0.6) is 0 Å². The Bertz CT molecular complexity index is 990. The van der Waals surface area contributed by atoms with Crippen LogP contribution < -0.4 is 10.6 Å². The van der Waals surface area contributed by atoms with E-state index in [4.69, 9.17) is 14.1 Å². The Morgan fingerprint density at radius 1 is 1.25 bits per heavy atom. The fraction of sp³-hybridized carbons (Fsp3) is 0.348. The van der Waals surface area contributed by atoms with Gasteiger partial charge in [0, 0.05) is 13.0 Å². The Morgan fingerprint density at radius 3 is 2.72 bits per heavy atom. The second-order valence-corrected chi connectivity index (χ2v) is 7.99. The molecule has 1 atom stereocenters. The first-order valence-corrected chi connectivity index (χ1v) is 11.1. The molecule has 1 unspecified atom stereocenters. The summed E-state index contributed by atoms with van der Waals surface area (Å²) >= 11 is 1.35. The summed E-state index contributed by atoms with van der Waals surface area (Å²) in [6.07, 6.45) is 2.42. The second-order valence-electron chi connectivity index (χ2n) is 6.96. The summed E-state index contributed by atoms with van der Waals surface area (Å²) in [5, 5.41) is 7.56. The predicted molar refractivity (Wildman–Crippen MR) is 138 cm³/mol. The van der Waals surface area contributed by atoms with Gasteiger partial charge in [-0.3, -0.25) is 0 Å². The zero-order chi connectivity index (χ0) is 22.1. The second kappa shape index (κ2) is 13.2. The number of carbonyl (C=O) groups excluding carboxylic acids is 1. The van der Waals surface area contributed by atoms with Gasteiger partial charge in [0.15, 0.2) is 5.96 Å². The number of carbonyl (C=O) groups is 1. The van der Waals surface area contributed by atoms with Crippen molar-refractivity contribution in [1.82, 2.24) is 15.6 Å². The Labute approximate surface area is 209 Å². The number of ether oxygens (including phenoxy) is 1. The largest absolute Gasteiger partial charge is 0.469 e. The van der Waals surface area contributed by atoms with Crippen molar-refractivity contribution in [3.8, 4) is 0 Å². The zero-order valence-electron chi connectivity index (χ0n) is 18.5. The summed E-state index contributed by atoms with van der Waals surface area (Å²) in [4.78, 5) is 21.9. The fourth-order valence-corrected chi connectivity index (χ4v) is 3.88. The number of thiazole rings is 1. The number of furan rings is 1. The van der Waals surface area contributed by atoms with Crippen LogP contribution in [0.25, 0.3) is 0 Å². The summed E-state index contributed by atoms with van der Waals surface area (Å²) in [7, 11) is 0. The Hall–Kier alpha value is -2.40. The van der Waals surface area contributed by atoms with Gasteiger partial charge >= 0.3 is 5.97 Å². The zero-order valence-corrected chi connectivity index (χ0v) is 21.6. The SMILES string of the molecule is CCOC(=O)c1sc(C(C)NC(=NCc2ccccc2)NCCc2ccco2)nc1C.I. The number of aryl methyl sites for hydroxylation is 1. The average molecular weight is 568 g/mol. The van der Waals surface area contributed by atoms with E-state index in [1.54, 1.807) is 13.2 Å². The summed E-state index contributed by atoms with van der Waals surface area (Å²) in [5.74, 6) is 1.26. The molecule has 0 spiro atoms. The highest BCUT2D eigenvalue weighted by molar-refractivity contribution is 14.0. The first kappa shape index (κ1) is 25.9. The van der Waals surface area contributed by atoms with Gasteiger partial charge in [-0.1, -0.05) is 30.3 Å². The molecule has 0 aliphatic heterocycles. The number of hydrogen-bond acceptors (Lipinski definition) is 6. The lowest BCUT2D eigenvalue weighted by Gasteiger charge is -2.16. The molecule has 32 heavy (non-hydrogen) atoms. The maximum absolute atomic E-state index is 12.1. The molecule has 2 aromatic heterocycles. The third kappa shape index (κ3) is 7.63. The summed E-state index contributed by atoms with van der Waals surface area (Å²) < 4.78 is 10.5. The number of aliphatic imine (C=N–C) groups is 1. The minimum atomic E-state index is -0.328. The topological polar surface area (TPSA) is 88.8 Å². The van der Waals surface area contributed by atoms with Gasteiger partial charge in [-0.25, -0.2) is 14.8 Å². The molecular formula is C23H29IN4O3S. The lowest BCUT2D eigenvalue weighted by Crippen LogP contribution is -2.39. The Kier molecular flexibility index (Phi) is 10.7. The van der Waals surface area contributed by atoms with Crippen LogP contribution in [-0.4, -0.2) is 30.1 Å². The van der Waals surface area contributed by atoms with E-state index >= 15 is 0 Å². The molecule has 9 heteroatoms. The normalized spacial score (nSPS) is 12.0. The first-order valence-electron chi connectivity index (χ1n) is 10.3. The van der Waals surface area contributed by atoms with Gasteiger partial charge in [0.05, 0.1) is 31.2 Å². The number of aromatic nitrogens is 1. The van der Waals surface area contributed by atoms with Gasteiger partial charge in [-0.2, -0.15) is 0 Å². The number of rotatable bonds is 9. The lowest BCUT2D eigenvalue weighted by atomic mass is 10.2. The Morgan fingerprint density at radius 2 is 2.03 bits per heavy atom. The van der Waals surface area contributed by atoms with Crippen LogP contribution in [-0.2, 0) is 17.7 Å². The molecule has 7 nitrogen and oxygen atoms in total. The highest BCUT2D eigenvalue weighted by Crippen LogP contribution is 2.24. The van der Waals surface area contributed by atoms with Crippen molar-refractivity contribution < 1.29 is 13.9 Å². The molecule has 0 amide bonds. The number of nitrogens with zero attached hydrogens (tertiary/aromatic N) is 2. The van der Waals surface area contributed by atoms with Gasteiger partial charge < -0.3 is 19.8 Å². The van der Waals surface area contributed by atoms with Crippen molar-refractivity contribution >= 4 is 47.2 Å². The van der Waals surface area contributed by atoms with Crippen LogP contribution in [0.2, 0.25) is 0 Å². The molecule has 0 aliphatic rings. The highest BCUT2D eigenvalue weighted by atomic mass is 127. The van der Waals surface area contributed by atoms with Gasteiger partial charge in [0.2, 0.25) is 0 Å². The summed E-state index contributed by atoms with van der Waals surface area (Å²) in [6, 6.07) is 13.8. The maximum atomic E-state index is 12.1. The van der Waals surface area contributed by atoms with Crippen LogP contribution in [0.4, 0.5) is 0 Å². The molecule has 2 N–H and O–H groups in total. The van der Waals surface area contributed by atoms with Crippen LogP contribution >= 0.6 is 35.3 Å². The van der Waals surface area contributed by atoms with E-state index in [1.807, 2.05) is 56.3 Å². The van der Waals surface area contributed by atoms with Crippen LogP contribution in [0.15, 0.2) is 58.1 Å². The molecule has 0 aliphatic carbocycles. The third-order valence-electron chi connectivity index (χ3n) is 4.50. The van der Waals surface area contributed by atoms with Crippen LogP contribution in [0, 0.1) is 6.92 Å². The summed E-state index contributed by atoms with van der Waals surface area (Å²) in [5.41, 5.74) is 1.80. The number of hydrogen-bond donors (Lipinski definition) is 2. The molecule has 1 aromatic carbocycles. The first-order chi connectivity index (χ1) is 15.1. The van der Waals surface area contributed by atoms with Crippen LogP contribution in [0.1, 0.15) is 51.6 Å². The van der Waals surface area contributed by atoms with Crippen molar-refractivity contribution in [2.24, 2.45) is 4.99 Å². The minimum Gasteiger partial charge on any atom is -0.469 e. The molecule has 172 valence electrons. The van der Waals surface area contributed by atoms with E-state index in [0.29, 0.717) is 36.2 Å². The minimum absolute atomic E-state index is 0. The lowest BCUT2D eigenvalue weighted by molar-refractivity contribution is 0.0531. The van der Waals surface area contributed by atoms with Gasteiger partial charge in [0.25, 0.3) is 0 Å². The van der Waals surface area contributed by atoms with Gasteiger partial charge in [0.1, 0.15) is 15.6 Å². The molecular weight excluding hydrogens is 539 g/mol. The number of guanidine groups is 1. The molecule has 0 radical (unpaired) electrons. The predicted octanol–water partition coefficient (Wildman–Crippen LogP) is 4.88. The van der Waals surface area contributed by atoms with E-state index in [0.717, 1.165) is 22.8 Å². The highest BCUT2D eigenvalue weighted by Gasteiger charge is 2.20. The molecule has 3 aromatic rings. The monoisotopic (exact) mass is 568 g/mol. The molecule has 0 bridgehead atoms. The van der Waals surface area contributed by atoms with Crippen molar-refractivity contribution in [3.05, 3.63) is 75.6 Å². The van der Waals surface area contributed by atoms with Crippen molar-refractivity contribution in [1.29, 1.82) is 0 Å². The molecule has 0 saturated carbocycles. The molecule has 0 fully saturated rings. The molecule has 2 heterocycles. The van der Waals surface area contributed by atoms with E-state index < -0.39 is 0 Å². The van der Waals surface area contributed by atoms with Gasteiger partial charge in [-0.15, -0.1) is 35.3 Å². The van der Waals surface area contributed by atoms with Crippen molar-refractivity contribution in [2.75, 3.05) is 13.2 Å². The smallest absolute Gasteiger partial charge is 0.350 e. The van der Waals surface area contributed by atoms with E-state index in [2.05, 4.69) is 15.6 Å². The number of halogens is 1. The standard InChI is InChI=1S/C23H28N4O3S.HI/c1-4-29-22(28)20-16(2)26-21(31-20)17(3)27-23(24-13-12-19-11-8-14-30-19)25-15-18-9-6-5-7-10-18;/h5-11,14,17H,4,12-13,15H2,1-3H3,(H2,24,25,27);1H. The van der Waals surface area contributed by atoms with E-state index in [9.17, 15) is 4.79 Å². The van der Waals surface area contributed by atoms with E-state index in [-0.39, 0.29) is 36.0 Å². The molecule has 0 saturated heterocycles. The number of benzene rings is 1. The van der Waals surface area contributed by atoms with Gasteiger partial charge in [-0.05, 0) is 38.5 Å². The number of esters is 1. The maximum Gasteiger partial charge on any atom is 0.350 e. The van der Waals surface area contributed by atoms with Crippen molar-refractivity contribution in [2.45, 2.75) is 39.8 Å². The summed E-state index contributed by atoms with van der Waals surface area (Å²) in [6.45, 7) is 7.18. The van der Waals surface area contributed by atoms with Crippen LogP contribution in [0.3, 0.4) is 0 Å². The third-order valence-corrected chi connectivity index (χ3v) is 5.82. The molecule has 3 rings (SSSR count). The van der Waals surface area contributed by atoms with Crippen molar-refractivity contribution in [3.63, 3.8) is 0 Å².